The number of hydrogen-bond acceptors (Lipinski definition) is 5. The molecule has 0 aliphatic carbocycles. The molecule has 1 unspecified atom stereocenters. The molecule has 5 nitrogen and oxygen atoms in total. The Kier molecular flexibility index (Phi) is 7.63. The van der Waals surface area contributed by atoms with Gasteiger partial charge in [0.05, 0.1) is 10.7 Å². The number of aryl methyl sites for hydroxylation is 1. The van der Waals surface area contributed by atoms with Gasteiger partial charge in [-0.2, -0.15) is 0 Å². The maximum absolute atomic E-state index is 11.9. The molecule has 1 N–H and O–H groups in total. The van der Waals surface area contributed by atoms with Crippen molar-refractivity contribution >= 4 is 23.3 Å². The number of methoxy groups -OCH3 is 1. The van der Waals surface area contributed by atoms with Crippen LogP contribution in [0.15, 0.2) is 35.7 Å². The van der Waals surface area contributed by atoms with Crippen molar-refractivity contribution in [2.75, 3.05) is 13.7 Å². The van der Waals surface area contributed by atoms with Gasteiger partial charge in [-0.05, 0) is 44.0 Å². The van der Waals surface area contributed by atoms with Gasteiger partial charge in [-0.1, -0.05) is 12.1 Å². The van der Waals surface area contributed by atoms with E-state index in [1.54, 1.807) is 24.5 Å². The van der Waals surface area contributed by atoms with Crippen molar-refractivity contribution in [3.05, 3.63) is 52.0 Å². The molecule has 1 amide bonds. The molecule has 0 spiro atoms. The highest BCUT2D eigenvalue weighted by atomic mass is 32.1. The number of carbonyl (C=O) groups is 1. The molecule has 0 radical (unpaired) electrons. The molecule has 25 heavy (non-hydrogen) atoms. The van der Waals surface area contributed by atoms with Crippen LogP contribution in [0.3, 0.4) is 0 Å². The van der Waals surface area contributed by atoms with Crippen molar-refractivity contribution in [3.8, 4) is 5.75 Å². The first-order valence-corrected chi connectivity index (χ1v) is 9.06. The van der Waals surface area contributed by atoms with Crippen LogP contribution in [0, 0.1) is 6.92 Å². The van der Waals surface area contributed by atoms with E-state index in [-0.39, 0.29) is 11.9 Å². The Labute approximate surface area is 152 Å². The van der Waals surface area contributed by atoms with Crippen LogP contribution in [0.1, 0.15) is 29.6 Å². The molecule has 2 aromatic rings. The summed E-state index contributed by atoms with van der Waals surface area (Å²) in [6.07, 6.45) is 4.10. The molecule has 1 aromatic heterocycles. The van der Waals surface area contributed by atoms with Crippen molar-refractivity contribution in [2.24, 2.45) is 0 Å². The van der Waals surface area contributed by atoms with Gasteiger partial charge in [0.15, 0.2) is 0 Å². The minimum atomic E-state index is -0.118. The molecule has 0 aliphatic rings. The van der Waals surface area contributed by atoms with Crippen molar-refractivity contribution in [3.63, 3.8) is 0 Å². The van der Waals surface area contributed by atoms with E-state index in [4.69, 9.17) is 9.47 Å². The second-order valence-corrected chi connectivity index (χ2v) is 6.81. The minimum Gasteiger partial charge on any atom is -0.487 e. The molecule has 2 rings (SSSR count). The Morgan fingerprint density at radius 3 is 3.00 bits per heavy atom. The number of benzene rings is 1. The Morgan fingerprint density at radius 2 is 2.28 bits per heavy atom. The van der Waals surface area contributed by atoms with Crippen molar-refractivity contribution in [2.45, 2.75) is 32.9 Å². The summed E-state index contributed by atoms with van der Waals surface area (Å²) in [6, 6.07) is 7.70. The van der Waals surface area contributed by atoms with Gasteiger partial charge in [0.25, 0.3) is 0 Å². The van der Waals surface area contributed by atoms with Crippen LogP contribution in [0.4, 0.5) is 0 Å². The first-order valence-electron chi connectivity index (χ1n) is 8.18. The maximum atomic E-state index is 11.9. The fourth-order valence-corrected chi connectivity index (χ4v) is 2.77. The number of carbonyl (C=O) groups excluding carboxylic acids is 1. The molecule has 134 valence electrons. The number of thiazole rings is 1. The molecule has 1 heterocycles. The number of rotatable bonds is 9. The van der Waals surface area contributed by atoms with E-state index in [1.807, 2.05) is 43.5 Å². The third-order valence-corrected chi connectivity index (χ3v) is 4.30. The Morgan fingerprint density at radius 1 is 1.44 bits per heavy atom. The number of aromatic nitrogens is 1. The third kappa shape index (κ3) is 7.07. The smallest absolute Gasteiger partial charge is 0.244 e. The molecule has 0 bridgehead atoms. The van der Waals surface area contributed by atoms with Crippen LogP contribution in [-0.4, -0.2) is 30.6 Å². The van der Waals surface area contributed by atoms with Crippen LogP contribution in [-0.2, 0) is 16.1 Å². The summed E-state index contributed by atoms with van der Waals surface area (Å²) in [5.41, 5.74) is 1.83. The summed E-state index contributed by atoms with van der Waals surface area (Å²) in [5.74, 6) is 0.634. The van der Waals surface area contributed by atoms with Gasteiger partial charge in [0.2, 0.25) is 5.91 Å². The lowest BCUT2D eigenvalue weighted by Gasteiger charge is -2.11. The standard InChI is InChI=1S/C19H24N2O3S/c1-14(9-10-23-3)20-19(22)8-7-16-5-4-6-18(11-16)24-12-17-13-25-15(2)21-17/h4-8,11,13-14H,9-10,12H2,1-3H3,(H,20,22)/b8-7+. The maximum Gasteiger partial charge on any atom is 0.244 e. The number of hydrogen-bond donors (Lipinski definition) is 1. The highest BCUT2D eigenvalue weighted by Gasteiger charge is 2.04. The lowest BCUT2D eigenvalue weighted by Crippen LogP contribution is -2.31. The highest BCUT2D eigenvalue weighted by Crippen LogP contribution is 2.17. The zero-order valence-electron chi connectivity index (χ0n) is 14.8. The Balaban J connectivity index is 1.86. The van der Waals surface area contributed by atoms with Gasteiger partial charge in [0, 0.05) is 31.2 Å². The molecular formula is C19H24N2O3S. The summed E-state index contributed by atoms with van der Waals surface area (Å²) in [4.78, 5) is 16.3. The first kappa shape index (κ1) is 19.1. The largest absolute Gasteiger partial charge is 0.487 e. The van der Waals surface area contributed by atoms with Gasteiger partial charge in [0.1, 0.15) is 12.4 Å². The van der Waals surface area contributed by atoms with E-state index in [2.05, 4.69) is 10.3 Å². The van der Waals surface area contributed by atoms with E-state index >= 15 is 0 Å². The predicted molar refractivity (Wildman–Crippen MR) is 101 cm³/mol. The fourth-order valence-electron chi connectivity index (χ4n) is 2.17. The second kappa shape index (κ2) is 9.96. The van der Waals surface area contributed by atoms with Crippen LogP contribution < -0.4 is 10.1 Å². The number of nitrogens with one attached hydrogen (secondary N) is 1. The third-order valence-electron chi connectivity index (χ3n) is 3.48. The molecule has 0 saturated heterocycles. The normalized spacial score (nSPS) is 12.3. The van der Waals surface area contributed by atoms with Crippen LogP contribution >= 0.6 is 11.3 Å². The molecule has 0 aliphatic heterocycles. The molecule has 0 fully saturated rings. The average Bonchev–Trinajstić information content (AvgIpc) is 3.02. The lowest BCUT2D eigenvalue weighted by molar-refractivity contribution is -0.117. The summed E-state index contributed by atoms with van der Waals surface area (Å²) in [5, 5.41) is 5.93. The number of amides is 1. The summed E-state index contributed by atoms with van der Waals surface area (Å²) in [7, 11) is 1.65. The Hall–Kier alpha value is -2.18. The monoisotopic (exact) mass is 360 g/mol. The van der Waals surface area contributed by atoms with Crippen LogP contribution in [0.5, 0.6) is 5.75 Å². The summed E-state index contributed by atoms with van der Waals surface area (Å²) in [6.45, 7) is 5.00. The van der Waals surface area contributed by atoms with Crippen molar-refractivity contribution < 1.29 is 14.3 Å². The predicted octanol–water partition coefficient (Wildman–Crippen LogP) is 3.58. The van der Waals surface area contributed by atoms with Gasteiger partial charge in [-0.15, -0.1) is 11.3 Å². The van der Waals surface area contributed by atoms with Crippen molar-refractivity contribution in [1.29, 1.82) is 0 Å². The fraction of sp³-hybridized carbons (Fsp3) is 0.368. The van der Waals surface area contributed by atoms with E-state index in [9.17, 15) is 4.79 Å². The van der Waals surface area contributed by atoms with E-state index < -0.39 is 0 Å². The zero-order valence-corrected chi connectivity index (χ0v) is 15.6. The second-order valence-electron chi connectivity index (χ2n) is 5.74. The zero-order chi connectivity index (χ0) is 18.1. The molecule has 1 atom stereocenters. The van der Waals surface area contributed by atoms with E-state index in [0.717, 1.165) is 28.4 Å². The minimum absolute atomic E-state index is 0.0772. The topological polar surface area (TPSA) is 60.5 Å². The van der Waals surface area contributed by atoms with Crippen molar-refractivity contribution in [1.82, 2.24) is 10.3 Å². The van der Waals surface area contributed by atoms with Crippen LogP contribution in [0.2, 0.25) is 0 Å². The SMILES string of the molecule is COCCC(C)NC(=O)/C=C/c1cccc(OCc2csc(C)n2)c1. The molecule has 6 heteroatoms. The molecule has 0 saturated carbocycles. The first-order chi connectivity index (χ1) is 12.1. The summed E-state index contributed by atoms with van der Waals surface area (Å²) < 4.78 is 10.8. The number of nitrogens with zero attached hydrogens (tertiary/aromatic N) is 1. The lowest BCUT2D eigenvalue weighted by atomic mass is 10.2. The van der Waals surface area contributed by atoms with E-state index in [1.165, 1.54) is 6.08 Å². The van der Waals surface area contributed by atoms with Gasteiger partial charge in [-0.3, -0.25) is 4.79 Å². The quantitative estimate of drug-likeness (QED) is 0.694. The van der Waals surface area contributed by atoms with E-state index in [0.29, 0.717) is 13.2 Å². The highest BCUT2D eigenvalue weighted by molar-refractivity contribution is 7.09. The summed E-state index contributed by atoms with van der Waals surface area (Å²) >= 11 is 1.61. The molecular weight excluding hydrogens is 336 g/mol. The molecule has 1 aromatic carbocycles. The average molecular weight is 360 g/mol. The van der Waals surface area contributed by atoms with Gasteiger partial charge < -0.3 is 14.8 Å². The van der Waals surface area contributed by atoms with Gasteiger partial charge >= 0.3 is 0 Å². The van der Waals surface area contributed by atoms with Gasteiger partial charge in [-0.25, -0.2) is 4.98 Å². The van der Waals surface area contributed by atoms with Crippen LogP contribution in [0.25, 0.3) is 6.08 Å². The Bertz CT molecular complexity index is 712. The number of ether oxygens (including phenoxy) is 2.